The summed E-state index contributed by atoms with van der Waals surface area (Å²) in [5, 5.41) is 0. The molecule has 0 spiro atoms. The first-order valence-electron chi connectivity index (χ1n) is 7.23. The van der Waals surface area contributed by atoms with Crippen molar-refractivity contribution >= 4 is 21.4 Å². The van der Waals surface area contributed by atoms with Gasteiger partial charge in [-0.2, -0.15) is 4.31 Å². The molecule has 1 aliphatic rings. The van der Waals surface area contributed by atoms with E-state index in [-0.39, 0.29) is 6.04 Å². The second kappa shape index (κ2) is 6.45. The number of hydrogen-bond donors (Lipinski definition) is 0. The van der Waals surface area contributed by atoms with E-state index >= 15 is 0 Å². The third-order valence-electron chi connectivity index (χ3n) is 3.71. The van der Waals surface area contributed by atoms with Crippen molar-refractivity contribution in [3.05, 3.63) is 36.5 Å². The quantitative estimate of drug-likeness (QED) is 0.860. The Morgan fingerprint density at radius 2 is 2.23 bits per heavy atom. The average molecular weight is 338 g/mol. The molecule has 0 bridgehead atoms. The van der Waals surface area contributed by atoms with E-state index in [0.29, 0.717) is 24.0 Å². The van der Waals surface area contributed by atoms with E-state index in [9.17, 15) is 8.42 Å². The van der Waals surface area contributed by atoms with E-state index in [1.807, 2.05) is 31.2 Å². The molecule has 7 heteroatoms. The van der Waals surface area contributed by atoms with Crippen LogP contribution in [0.15, 0.2) is 40.7 Å². The predicted octanol–water partition coefficient (Wildman–Crippen LogP) is 2.61. The standard InChI is InChI=1S/C15H18N2O3S2/c1-2-12-11-20-10-9-17(12)22(18,19)15-7-6-14(21-15)13-5-3-4-8-16-13/h3-8,12H,2,9-11H2,1H3/t12-/m0/s1. The van der Waals surface area contributed by atoms with Crippen molar-refractivity contribution in [2.45, 2.75) is 23.6 Å². The molecule has 22 heavy (non-hydrogen) atoms. The minimum absolute atomic E-state index is 0.0841. The topological polar surface area (TPSA) is 59.5 Å². The summed E-state index contributed by atoms with van der Waals surface area (Å²) in [6, 6.07) is 9.03. The lowest BCUT2D eigenvalue weighted by Gasteiger charge is -2.33. The highest BCUT2D eigenvalue weighted by molar-refractivity contribution is 7.91. The number of sulfonamides is 1. The van der Waals surface area contributed by atoms with E-state index in [1.165, 1.54) is 11.3 Å². The van der Waals surface area contributed by atoms with Crippen LogP contribution < -0.4 is 0 Å². The van der Waals surface area contributed by atoms with Crippen LogP contribution in [0, 0.1) is 0 Å². The molecule has 2 aromatic rings. The van der Waals surface area contributed by atoms with Crippen LogP contribution in [-0.4, -0.2) is 43.5 Å². The molecule has 0 saturated carbocycles. The molecule has 1 fully saturated rings. The van der Waals surface area contributed by atoms with Crippen molar-refractivity contribution in [1.29, 1.82) is 0 Å². The number of ether oxygens (including phenoxy) is 1. The van der Waals surface area contributed by atoms with E-state index in [0.717, 1.165) is 17.0 Å². The smallest absolute Gasteiger partial charge is 0.252 e. The molecule has 1 saturated heterocycles. The summed E-state index contributed by atoms with van der Waals surface area (Å²) in [7, 11) is -3.47. The Bertz CT molecular complexity index is 728. The molecular formula is C15H18N2O3S2. The highest BCUT2D eigenvalue weighted by atomic mass is 32.2. The Morgan fingerprint density at radius 3 is 2.95 bits per heavy atom. The first-order valence-corrected chi connectivity index (χ1v) is 9.49. The van der Waals surface area contributed by atoms with Crippen molar-refractivity contribution in [1.82, 2.24) is 9.29 Å². The number of aromatic nitrogens is 1. The molecule has 118 valence electrons. The largest absolute Gasteiger partial charge is 0.378 e. The van der Waals surface area contributed by atoms with Gasteiger partial charge in [-0.3, -0.25) is 4.98 Å². The molecule has 0 aliphatic carbocycles. The zero-order valence-electron chi connectivity index (χ0n) is 12.3. The maximum Gasteiger partial charge on any atom is 0.252 e. The third kappa shape index (κ3) is 2.94. The molecule has 1 atom stereocenters. The van der Waals surface area contributed by atoms with Crippen LogP contribution >= 0.6 is 11.3 Å². The fourth-order valence-electron chi connectivity index (χ4n) is 2.50. The minimum Gasteiger partial charge on any atom is -0.378 e. The molecule has 2 aromatic heterocycles. The Morgan fingerprint density at radius 1 is 1.36 bits per heavy atom. The fraction of sp³-hybridized carbons (Fsp3) is 0.400. The zero-order chi connectivity index (χ0) is 15.6. The molecule has 0 N–H and O–H groups in total. The molecule has 3 heterocycles. The van der Waals surface area contributed by atoms with Crippen LogP contribution in [0.5, 0.6) is 0 Å². The Labute approximate surface area is 134 Å². The van der Waals surface area contributed by atoms with Gasteiger partial charge in [0.25, 0.3) is 10.0 Å². The van der Waals surface area contributed by atoms with Gasteiger partial charge in [0.2, 0.25) is 0 Å². The van der Waals surface area contributed by atoms with Gasteiger partial charge in [0.1, 0.15) is 4.21 Å². The Hall–Kier alpha value is -1.28. The van der Waals surface area contributed by atoms with E-state index in [4.69, 9.17) is 4.74 Å². The molecule has 0 radical (unpaired) electrons. The predicted molar refractivity (Wildman–Crippen MR) is 86.3 cm³/mol. The van der Waals surface area contributed by atoms with Crippen molar-refractivity contribution < 1.29 is 13.2 Å². The van der Waals surface area contributed by atoms with Crippen LogP contribution in [0.25, 0.3) is 10.6 Å². The summed E-state index contributed by atoms with van der Waals surface area (Å²) < 4.78 is 33.1. The van der Waals surface area contributed by atoms with Gasteiger partial charge in [0.05, 0.1) is 23.8 Å². The van der Waals surface area contributed by atoms with Crippen molar-refractivity contribution in [2.24, 2.45) is 0 Å². The average Bonchev–Trinajstić information content (AvgIpc) is 3.06. The van der Waals surface area contributed by atoms with Crippen molar-refractivity contribution in [3.8, 4) is 10.6 Å². The van der Waals surface area contributed by atoms with Gasteiger partial charge in [0.15, 0.2) is 0 Å². The lowest BCUT2D eigenvalue weighted by Crippen LogP contribution is -2.48. The molecular weight excluding hydrogens is 320 g/mol. The zero-order valence-corrected chi connectivity index (χ0v) is 13.9. The summed E-state index contributed by atoms with van der Waals surface area (Å²) >= 11 is 1.27. The van der Waals surface area contributed by atoms with Crippen LogP contribution in [0.4, 0.5) is 0 Å². The Balaban J connectivity index is 1.91. The maximum absolute atomic E-state index is 12.9. The summed E-state index contributed by atoms with van der Waals surface area (Å²) in [5.41, 5.74) is 0.794. The van der Waals surface area contributed by atoms with Crippen LogP contribution in [0.3, 0.4) is 0 Å². The van der Waals surface area contributed by atoms with E-state index in [2.05, 4.69) is 4.98 Å². The number of hydrogen-bond acceptors (Lipinski definition) is 5. The van der Waals surface area contributed by atoms with Gasteiger partial charge in [-0.15, -0.1) is 11.3 Å². The molecule has 0 unspecified atom stereocenters. The first kappa shape index (κ1) is 15.6. The van der Waals surface area contributed by atoms with Gasteiger partial charge in [0, 0.05) is 18.8 Å². The maximum atomic E-state index is 12.9. The summed E-state index contributed by atoms with van der Waals surface area (Å²) in [4.78, 5) is 5.13. The van der Waals surface area contributed by atoms with Gasteiger partial charge < -0.3 is 4.74 Å². The minimum atomic E-state index is -3.47. The molecule has 0 amide bonds. The summed E-state index contributed by atoms with van der Waals surface area (Å²) in [6.45, 7) is 3.32. The molecule has 3 rings (SSSR count). The van der Waals surface area contributed by atoms with Gasteiger partial charge in [-0.1, -0.05) is 13.0 Å². The number of rotatable bonds is 4. The first-order chi connectivity index (χ1) is 10.6. The highest BCUT2D eigenvalue weighted by Gasteiger charge is 2.34. The number of nitrogens with zero attached hydrogens (tertiary/aromatic N) is 2. The summed E-state index contributed by atoms with van der Waals surface area (Å²) in [6.07, 6.45) is 2.45. The Kier molecular flexibility index (Phi) is 4.58. The number of thiophene rings is 1. The number of morpholine rings is 1. The van der Waals surface area contributed by atoms with Gasteiger partial charge >= 0.3 is 0 Å². The monoisotopic (exact) mass is 338 g/mol. The number of pyridine rings is 1. The van der Waals surface area contributed by atoms with Gasteiger partial charge in [-0.25, -0.2) is 8.42 Å². The van der Waals surface area contributed by atoms with Crippen LogP contribution in [-0.2, 0) is 14.8 Å². The highest BCUT2D eigenvalue weighted by Crippen LogP contribution is 2.32. The van der Waals surface area contributed by atoms with Crippen molar-refractivity contribution in [3.63, 3.8) is 0 Å². The lowest BCUT2D eigenvalue weighted by atomic mass is 10.2. The van der Waals surface area contributed by atoms with Crippen LogP contribution in [0.1, 0.15) is 13.3 Å². The molecule has 0 aromatic carbocycles. The van der Waals surface area contributed by atoms with Gasteiger partial charge in [-0.05, 0) is 30.7 Å². The van der Waals surface area contributed by atoms with Crippen LogP contribution in [0.2, 0.25) is 0 Å². The van der Waals surface area contributed by atoms with E-state index < -0.39 is 10.0 Å². The van der Waals surface area contributed by atoms with E-state index in [1.54, 1.807) is 16.6 Å². The van der Waals surface area contributed by atoms with Crippen molar-refractivity contribution in [2.75, 3.05) is 19.8 Å². The summed E-state index contributed by atoms with van der Waals surface area (Å²) in [5.74, 6) is 0. The SMILES string of the molecule is CC[C@H]1COCCN1S(=O)(=O)c1ccc(-c2ccccn2)s1. The normalized spacial score (nSPS) is 20.1. The molecule has 5 nitrogen and oxygen atoms in total. The third-order valence-corrected chi connectivity index (χ3v) is 7.23. The lowest BCUT2D eigenvalue weighted by molar-refractivity contribution is 0.0315. The molecule has 1 aliphatic heterocycles. The second-order valence-electron chi connectivity index (χ2n) is 5.09. The fourth-order valence-corrected chi connectivity index (χ4v) is 5.58. The second-order valence-corrected chi connectivity index (χ2v) is 8.29.